The molecule has 0 radical (unpaired) electrons. The molecular weight excluding hydrogens is 224 g/mol. The third-order valence-corrected chi connectivity index (χ3v) is 2.31. The van der Waals surface area contributed by atoms with Crippen LogP contribution in [-0.2, 0) is 11.3 Å². The number of benzene rings is 1. The van der Waals surface area contributed by atoms with Crippen molar-refractivity contribution in [2.24, 2.45) is 0 Å². The van der Waals surface area contributed by atoms with Crippen LogP contribution >= 0.6 is 0 Å². The molecule has 0 amide bonds. The van der Waals surface area contributed by atoms with E-state index >= 15 is 0 Å². The zero-order valence-electron chi connectivity index (χ0n) is 10.3. The van der Waals surface area contributed by atoms with Crippen molar-refractivity contribution in [1.29, 1.82) is 0 Å². The molecule has 0 atom stereocenters. The second-order valence-electron chi connectivity index (χ2n) is 4.23. The van der Waals surface area contributed by atoms with E-state index in [9.17, 15) is 8.78 Å². The third-order valence-electron chi connectivity index (χ3n) is 2.31. The second kappa shape index (κ2) is 7.35. The molecular formula is C13H19F2NO. The Morgan fingerprint density at radius 2 is 2.06 bits per heavy atom. The van der Waals surface area contributed by atoms with Gasteiger partial charge in [-0.1, -0.05) is 26.0 Å². The van der Waals surface area contributed by atoms with E-state index in [1.807, 2.05) is 0 Å². The Morgan fingerprint density at radius 1 is 1.29 bits per heavy atom. The maximum atomic E-state index is 13.2. The van der Waals surface area contributed by atoms with Crippen molar-refractivity contribution in [3.05, 3.63) is 35.4 Å². The zero-order chi connectivity index (χ0) is 12.7. The molecule has 0 spiro atoms. The van der Waals surface area contributed by atoms with Crippen LogP contribution in [0.4, 0.5) is 8.78 Å². The largest absolute Gasteiger partial charge is 0.377 e. The molecule has 1 aromatic carbocycles. The average molecular weight is 243 g/mol. The van der Waals surface area contributed by atoms with Crippen molar-refractivity contribution in [3.8, 4) is 0 Å². The smallest absolute Gasteiger partial charge is 0.164 e. The molecule has 0 saturated carbocycles. The number of rotatable bonds is 7. The van der Waals surface area contributed by atoms with Crippen LogP contribution < -0.4 is 5.32 Å². The molecule has 0 aromatic heterocycles. The van der Waals surface area contributed by atoms with Gasteiger partial charge in [-0.15, -0.1) is 0 Å². The fourth-order valence-corrected chi connectivity index (χ4v) is 1.41. The molecule has 0 heterocycles. The van der Waals surface area contributed by atoms with Crippen molar-refractivity contribution in [2.45, 2.75) is 32.9 Å². The summed E-state index contributed by atoms with van der Waals surface area (Å²) >= 11 is 0. The average Bonchev–Trinajstić information content (AvgIpc) is 2.28. The van der Waals surface area contributed by atoms with Crippen LogP contribution in [0.5, 0.6) is 0 Å². The monoisotopic (exact) mass is 243 g/mol. The molecule has 1 rings (SSSR count). The summed E-state index contributed by atoms with van der Waals surface area (Å²) in [5, 5.41) is 3.25. The summed E-state index contributed by atoms with van der Waals surface area (Å²) in [5.74, 6) is -1.64. The number of hydrogen-bond acceptors (Lipinski definition) is 2. The highest BCUT2D eigenvalue weighted by Gasteiger charge is 2.06. The topological polar surface area (TPSA) is 21.3 Å². The van der Waals surface area contributed by atoms with Gasteiger partial charge in [0.1, 0.15) is 0 Å². The van der Waals surface area contributed by atoms with Crippen molar-refractivity contribution in [2.75, 3.05) is 13.2 Å². The zero-order valence-corrected chi connectivity index (χ0v) is 10.3. The lowest BCUT2D eigenvalue weighted by atomic mass is 10.2. The Hall–Kier alpha value is -1.00. The van der Waals surface area contributed by atoms with Gasteiger partial charge in [0.25, 0.3) is 0 Å². The fourth-order valence-electron chi connectivity index (χ4n) is 1.41. The van der Waals surface area contributed by atoms with Crippen molar-refractivity contribution >= 4 is 0 Å². The molecule has 0 aliphatic heterocycles. The predicted molar refractivity (Wildman–Crippen MR) is 63.8 cm³/mol. The molecule has 0 unspecified atom stereocenters. The molecule has 1 N–H and O–H groups in total. The molecule has 0 saturated heterocycles. The van der Waals surface area contributed by atoms with E-state index in [1.165, 1.54) is 12.1 Å². The first-order valence-electron chi connectivity index (χ1n) is 5.85. The molecule has 0 fully saturated rings. The molecule has 0 aliphatic rings. The summed E-state index contributed by atoms with van der Waals surface area (Å²) in [6.07, 6.45) is 0.856. The van der Waals surface area contributed by atoms with Crippen LogP contribution in [0.25, 0.3) is 0 Å². The van der Waals surface area contributed by atoms with Crippen molar-refractivity contribution < 1.29 is 13.5 Å². The highest BCUT2D eigenvalue weighted by molar-refractivity contribution is 5.17. The predicted octanol–water partition coefficient (Wildman–Crippen LogP) is 2.87. The van der Waals surface area contributed by atoms with E-state index in [4.69, 9.17) is 4.74 Å². The maximum absolute atomic E-state index is 13.2. The molecule has 0 bridgehead atoms. The minimum atomic E-state index is -0.826. The first-order valence-corrected chi connectivity index (χ1v) is 5.85. The number of hydrogen-bond donors (Lipinski definition) is 1. The van der Waals surface area contributed by atoms with Gasteiger partial charge in [-0.2, -0.15) is 0 Å². The maximum Gasteiger partial charge on any atom is 0.164 e. The van der Waals surface area contributed by atoms with E-state index in [1.54, 1.807) is 0 Å². The summed E-state index contributed by atoms with van der Waals surface area (Å²) in [4.78, 5) is 0. The van der Waals surface area contributed by atoms with Crippen LogP contribution in [0.1, 0.15) is 25.8 Å². The SMILES string of the molecule is CC(C)NCCCOCc1cccc(F)c1F. The van der Waals surface area contributed by atoms with E-state index in [0.29, 0.717) is 12.6 Å². The van der Waals surface area contributed by atoms with Crippen LogP contribution in [0.2, 0.25) is 0 Å². The van der Waals surface area contributed by atoms with Crippen LogP contribution in [0, 0.1) is 11.6 Å². The number of nitrogens with one attached hydrogen (secondary N) is 1. The molecule has 17 heavy (non-hydrogen) atoms. The third kappa shape index (κ3) is 5.24. The van der Waals surface area contributed by atoms with Gasteiger partial charge >= 0.3 is 0 Å². The highest BCUT2D eigenvalue weighted by Crippen LogP contribution is 2.12. The molecule has 0 aliphatic carbocycles. The first-order chi connectivity index (χ1) is 8.11. The van der Waals surface area contributed by atoms with Crippen LogP contribution in [-0.4, -0.2) is 19.2 Å². The van der Waals surface area contributed by atoms with Gasteiger partial charge in [0.05, 0.1) is 6.61 Å². The Kier molecular flexibility index (Phi) is 6.08. The molecule has 4 heteroatoms. The first kappa shape index (κ1) is 14.1. The summed E-state index contributed by atoms with van der Waals surface area (Å²) < 4.78 is 31.4. The van der Waals surface area contributed by atoms with Crippen molar-refractivity contribution in [3.63, 3.8) is 0 Å². The number of halogens is 2. The molecule has 2 nitrogen and oxygen atoms in total. The summed E-state index contributed by atoms with van der Waals surface area (Å²) in [6.45, 7) is 5.66. The van der Waals surface area contributed by atoms with E-state index in [-0.39, 0.29) is 12.2 Å². The summed E-state index contributed by atoms with van der Waals surface area (Å²) in [6, 6.07) is 4.57. The lowest BCUT2D eigenvalue weighted by Crippen LogP contribution is -2.24. The Morgan fingerprint density at radius 3 is 2.76 bits per heavy atom. The lowest BCUT2D eigenvalue weighted by molar-refractivity contribution is 0.115. The standard InChI is InChI=1S/C13H19F2NO/c1-10(2)16-7-4-8-17-9-11-5-3-6-12(14)13(11)15/h3,5-6,10,16H,4,7-9H2,1-2H3. The van der Waals surface area contributed by atoms with Crippen LogP contribution in [0.15, 0.2) is 18.2 Å². The quantitative estimate of drug-likeness (QED) is 0.743. The van der Waals surface area contributed by atoms with E-state index in [2.05, 4.69) is 19.2 Å². The normalized spacial score (nSPS) is 11.1. The van der Waals surface area contributed by atoms with E-state index < -0.39 is 11.6 Å². The second-order valence-corrected chi connectivity index (χ2v) is 4.23. The van der Waals surface area contributed by atoms with Gasteiger partial charge in [0.15, 0.2) is 11.6 Å². The minimum absolute atomic E-state index is 0.116. The van der Waals surface area contributed by atoms with Gasteiger partial charge < -0.3 is 10.1 Å². The highest BCUT2D eigenvalue weighted by atomic mass is 19.2. The van der Waals surface area contributed by atoms with Gasteiger partial charge in [-0.05, 0) is 19.0 Å². The van der Waals surface area contributed by atoms with Gasteiger partial charge in [0, 0.05) is 18.2 Å². The number of ether oxygens (including phenoxy) is 1. The Labute approximate surface area is 101 Å². The van der Waals surface area contributed by atoms with Crippen LogP contribution in [0.3, 0.4) is 0 Å². The Bertz CT molecular complexity index is 342. The Balaban J connectivity index is 2.20. The molecule has 96 valence electrons. The minimum Gasteiger partial charge on any atom is -0.377 e. The molecule has 1 aromatic rings. The summed E-state index contributed by atoms with van der Waals surface area (Å²) in [7, 11) is 0. The van der Waals surface area contributed by atoms with Gasteiger partial charge in [0.2, 0.25) is 0 Å². The van der Waals surface area contributed by atoms with Gasteiger partial charge in [-0.3, -0.25) is 0 Å². The van der Waals surface area contributed by atoms with E-state index in [0.717, 1.165) is 19.0 Å². The van der Waals surface area contributed by atoms with Gasteiger partial charge in [-0.25, -0.2) is 8.78 Å². The van der Waals surface area contributed by atoms with Crippen molar-refractivity contribution in [1.82, 2.24) is 5.32 Å². The summed E-state index contributed by atoms with van der Waals surface area (Å²) in [5.41, 5.74) is 0.266. The lowest BCUT2D eigenvalue weighted by Gasteiger charge is -2.08. The fraction of sp³-hybridized carbons (Fsp3) is 0.538.